The van der Waals surface area contributed by atoms with Crippen LogP contribution in [0.1, 0.15) is 59.6 Å². The van der Waals surface area contributed by atoms with Crippen molar-refractivity contribution >= 4 is 23.2 Å². The second-order valence-corrected chi connectivity index (χ2v) is 8.03. The first-order valence-corrected chi connectivity index (χ1v) is 7.60. The third-order valence-electron chi connectivity index (χ3n) is 3.09. The highest BCUT2D eigenvalue weighted by molar-refractivity contribution is 6.36. The number of benzene rings is 1. The van der Waals surface area contributed by atoms with Crippen molar-refractivity contribution in [3.63, 3.8) is 0 Å². The number of hydrogen-bond donors (Lipinski definition) is 1. The second-order valence-electron chi connectivity index (χ2n) is 7.24. The Hall–Kier alpha value is -0.310. The molecule has 0 aliphatic carbocycles. The molecule has 0 aliphatic heterocycles. The van der Waals surface area contributed by atoms with Crippen molar-refractivity contribution in [2.24, 2.45) is 5.41 Å². The number of nitrogens with one attached hydrogen (secondary N) is 1. The van der Waals surface area contributed by atoms with Crippen LogP contribution in [0.3, 0.4) is 0 Å². The van der Waals surface area contributed by atoms with E-state index in [1.54, 1.807) is 6.07 Å². The molecule has 0 heterocycles. The van der Waals surface area contributed by atoms with Crippen LogP contribution in [0.4, 0.5) is 4.39 Å². The maximum Gasteiger partial charge on any atom is 0.142 e. The van der Waals surface area contributed by atoms with Gasteiger partial charge in [0.15, 0.2) is 0 Å². The standard InChI is InChI=1S/C16H24Cl2FN/c1-10(20-16(5,6)9-15(2,3)4)13-11(17)7-8-12(19)14(13)18/h7-8,10,20H,9H2,1-6H3. The first kappa shape index (κ1) is 17.7. The fourth-order valence-corrected chi connectivity index (χ4v) is 3.67. The normalized spacial score (nSPS) is 14.4. The van der Waals surface area contributed by atoms with Crippen molar-refractivity contribution in [2.75, 3.05) is 0 Å². The Balaban J connectivity index is 2.97. The summed E-state index contributed by atoms with van der Waals surface area (Å²) in [4.78, 5) is 0. The van der Waals surface area contributed by atoms with Crippen LogP contribution < -0.4 is 5.32 Å². The van der Waals surface area contributed by atoms with Gasteiger partial charge in [-0.05, 0) is 44.7 Å². The van der Waals surface area contributed by atoms with Gasteiger partial charge in [-0.1, -0.05) is 44.0 Å². The highest BCUT2D eigenvalue weighted by Crippen LogP contribution is 2.35. The average Bonchev–Trinajstić information content (AvgIpc) is 2.19. The predicted molar refractivity (Wildman–Crippen MR) is 86.1 cm³/mol. The lowest BCUT2D eigenvalue weighted by Crippen LogP contribution is -2.43. The van der Waals surface area contributed by atoms with E-state index in [-0.39, 0.29) is 22.0 Å². The Morgan fingerprint density at radius 2 is 1.70 bits per heavy atom. The molecule has 0 saturated carbocycles. The molecule has 0 radical (unpaired) electrons. The van der Waals surface area contributed by atoms with Crippen LogP contribution in [0.15, 0.2) is 12.1 Å². The van der Waals surface area contributed by atoms with Gasteiger partial charge in [0.1, 0.15) is 5.82 Å². The summed E-state index contributed by atoms with van der Waals surface area (Å²) >= 11 is 12.2. The lowest BCUT2D eigenvalue weighted by molar-refractivity contribution is 0.226. The summed E-state index contributed by atoms with van der Waals surface area (Å²) < 4.78 is 13.6. The summed E-state index contributed by atoms with van der Waals surface area (Å²) in [6.07, 6.45) is 0.981. The monoisotopic (exact) mass is 319 g/mol. The van der Waals surface area contributed by atoms with Crippen molar-refractivity contribution in [3.8, 4) is 0 Å². The fourth-order valence-electron chi connectivity index (χ4n) is 2.97. The molecule has 4 heteroatoms. The quantitative estimate of drug-likeness (QED) is 0.671. The molecule has 20 heavy (non-hydrogen) atoms. The van der Waals surface area contributed by atoms with Gasteiger partial charge in [0.05, 0.1) is 5.02 Å². The van der Waals surface area contributed by atoms with Crippen LogP contribution in [0.5, 0.6) is 0 Å². The maximum atomic E-state index is 13.6. The van der Waals surface area contributed by atoms with E-state index in [2.05, 4.69) is 39.9 Å². The summed E-state index contributed by atoms with van der Waals surface area (Å²) in [6.45, 7) is 12.8. The molecule has 0 aromatic heterocycles. The minimum absolute atomic E-state index is 0.101. The van der Waals surface area contributed by atoms with E-state index in [1.807, 2.05) is 6.92 Å². The van der Waals surface area contributed by atoms with Crippen LogP contribution in [0, 0.1) is 11.2 Å². The van der Waals surface area contributed by atoms with Gasteiger partial charge >= 0.3 is 0 Å². The lowest BCUT2D eigenvalue weighted by atomic mass is 9.81. The minimum atomic E-state index is -0.437. The lowest BCUT2D eigenvalue weighted by Gasteiger charge is -2.36. The number of halogens is 3. The van der Waals surface area contributed by atoms with E-state index in [1.165, 1.54) is 6.07 Å². The van der Waals surface area contributed by atoms with Crippen LogP contribution in [-0.4, -0.2) is 5.54 Å². The van der Waals surface area contributed by atoms with E-state index in [0.29, 0.717) is 10.6 Å². The molecule has 0 bridgehead atoms. The SMILES string of the molecule is CC(NC(C)(C)CC(C)(C)C)c1c(Cl)ccc(F)c1Cl. The average molecular weight is 320 g/mol. The largest absolute Gasteiger partial charge is 0.305 e. The molecule has 114 valence electrons. The first-order chi connectivity index (χ1) is 8.93. The topological polar surface area (TPSA) is 12.0 Å². The third-order valence-corrected chi connectivity index (χ3v) is 3.81. The van der Waals surface area contributed by atoms with Gasteiger partial charge in [0, 0.05) is 22.2 Å². The number of rotatable bonds is 4. The minimum Gasteiger partial charge on any atom is -0.305 e. The molecule has 1 aromatic carbocycles. The van der Waals surface area contributed by atoms with Crippen molar-refractivity contribution in [1.29, 1.82) is 0 Å². The van der Waals surface area contributed by atoms with Crippen molar-refractivity contribution in [2.45, 2.75) is 59.5 Å². The Bertz CT molecular complexity index is 478. The van der Waals surface area contributed by atoms with Crippen LogP contribution in [0.25, 0.3) is 0 Å². The first-order valence-electron chi connectivity index (χ1n) is 6.84. The van der Waals surface area contributed by atoms with Crippen molar-refractivity contribution in [3.05, 3.63) is 33.6 Å². The highest BCUT2D eigenvalue weighted by Gasteiger charge is 2.28. The van der Waals surface area contributed by atoms with Crippen LogP contribution >= 0.6 is 23.2 Å². The Morgan fingerprint density at radius 3 is 2.20 bits per heavy atom. The third kappa shape index (κ3) is 4.91. The van der Waals surface area contributed by atoms with Gasteiger partial charge in [0.25, 0.3) is 0 Å². The molecule has 1 N–H and O–H groups in total. The fraction of sp³-hybridized carbons (Fsp3) is 0.625. The molecule has 1 aromatic rings. The van der Waals surface area contributed by atoms with E-state index in [0.717, 1.165) is 6.42 Å². The Morgan fingerprint density at radius 1 is 1.15 bits per heavy atom. The van der Waals surface area contributed by atoms with E-state index >= 15 is 0 Å². The zero-order valence-corrected chi connectivity index (χ0v) is 14.6. The zero-order chi connectivity index (χ0) is 15.7. The molecule has 1 unspecified atom stereocenters. The summed E-state index contributed by atoms with van der Waals surface area (Å²) in [6, 6.07) is 2.72. The molecule has 0 spiro atoms. The molecule has 0 aliphatic rings. The molecular formula is C16H24Cl2FN. The van der Waals surface area contributed by atoms with E-state index in [4.69, 9.17) is 23.2 Å². The van der Waals surface area contributed by atoms with Gasteiger partial charge in [-0.25, -0.2) is 4.39 Å². The smallest absolute Gasteiger partial charge is 0.142 e. The highest BCUT2D eigenvalue weighted by atomic mass is 35.5. The van der Waals surface area contributed by atoms with Crippen molar-refractivity contribution in [1.82, 2.24) is 5.32 Å². The van der Waals surface area contributed by atoms with Gasteiger partial charge in [0.2, 0.25) is 0 Å². The van der Waals surface area contributed by atoms with Crippen LogP contribution in [0.2, 0.25) is 10.0 Å². The predicted octanol–water partition coefficient (Wildman–Crippen LogP) is 6.00. The summed E-state index contributed by atoms with van der Waals surface area (Å²) in [5, 5.41) is 4.09. The summed E-state index contributed by atoms with van der Waals surface area (Å²) in [7, 11) is 0. The van der Waals surface area contributed by atoms with Crippen LogP contribution in [-0.2, 0) is 0 Å². The maximum absolute atomic E-state index is 13.6. The molecule has 1 rings (SSSR count). The van der Waals surface area contributed by atoms with E-state index < -0.39 is 5.82 Å². The molecule has 0 saturated heterocycles. The van der Waals surface area contributed by atoms with Gasteiger partial charge < -0.3 is 5.32 Å². The number of hydrogen-bond acceptors (Lipinski definition) is 1. The van der Waals surface area contributed by atoms with Gasteiger partial charge in [-0.3, -0.25) is 0 Å². The Labute approximate surface area is 131 Å². The second kappa shape index (κ2) is 6.21. The van der Waals surface area contributed by atoms with Gasteiger partial charge in [-0.15, -0.1) is 0 Å². The zero-order valence-electron chi connectivity index (χ0n) is 13.1. The molecule has 0 fully saturated rings. The summed E-state index contributed by atoms with van der Waals surface area (Å²) in [5.41, 5.74) is 0.720. The molecular weight excluding hydrogens is 296 g/mol. The van der Waals surface area contributed by atoms with E-state index in [9.17, 15) is 4.39 Å². The van der Waals surface area contributed by atoms with Crippen molar-refractivity contribution < 1.29 is 4.39 Å². The molecule has 1 atom stereocenters. The summed E-state index contributed by atoms with van der Waals surface area (Å²) in [5.74, 6) is -0.437. The molecule has 1 nitrogen and oxygen atoms in total. The van der Waals surface area contributed by atoms with Gasteiger partial charge in [-0.2, -0.15) is 0 Å². The molecule has 0 amide bonds. The Kier molecular flexibility index (Phi) is 5.51.